The number of nitrogens with zero attached hydrogens (tertiary/aromatic N) is 2. The van der Waals surface area contributed by atoms with Crippen LogP contribution in [0.3, 0.4) is 0 Å². The summed E-state index contributed by atoms with van der Waals surface area (Å²) in [5.41, 5.74) is 2.62. The maximum absolute atomic E-state index is 6.15. The van der Waals surface area contributed by atoms with Crippen LogP contribution in [0.25, 0.3) is 10.2 Å². The van der Waals surface area contributed by atoms with E-state index in [1.807, 2.05) is 23.5 Å². The zero-order valence-corrected chi connectivity index (χ0v) is 17.4. The van der Waals surface area contributed by atoms with Crippen LogP contribution in [0.1, 0.15) is 37.6 Å². The van der Waals surface area contributed by atoms with Crippen molar-refractivity contribution in [3.63, 3.8) is 0 Å². The van der Waals surface area contributed by atoms with Gasteiger partial charge in [-0.25, -0.2) is 9.97 Å². The minimum absolute atomic E-state index is 0.334. The van der Waals surface area contributed by atoms with Crippen molar-refractivity contribution in [1.29, 1.82) is 0 Å². The van der Waals surface area contributed by atoms with Crippen molar-refractivity contribution in [2.45, 2.75) is 40.0 Å². The Kier molecular flexibility index (Phi) is 4.62. The molecule has 3 aromatic rings. The van der Waals surface area contributed by atoms with Gasteiger partial charge in [0.25, 0.3) is 0 Å². The molecule has 136 valence electrons. The standard InChI is InChI=1S/C20H21Cl2N3S/c1-20(2,3)11-4-6-13-16(8-11)26-19-17(13)18(23-10-24-19)25-12-5-7-14(21)15(22)9-12/h5,7,9-11H,4,6,8H2,1-3H3,(H,23,24,25). The Morgan fingerprint density at radius 3 is 2.69 bits per heavy atom. The molecule has 0 bridgehead atoms. The van der Waals surface area contributed by atoms with Gasteiger partial charge in [0.2, 0.25) is 0 Å². The molecular formula is C20H21Cl2N3S. The molecule has 26 heavy (non-hydrogen) atoms. The molecule has 1 atom stereocenters. The lowest BCUT2D eigenvalue weighted by Crippen LogP contribution is -2.26. The van der Waals surface area contributed by atoms with Crippen LogP contribution in [-0.2, 0) is 12.8 Å². The summed E-state index contributed by atoms with van der Waals surface area (Å²) >= 11 is 14.0. The first-order valence-corrected chi connectivity index (χ1v) is 10.4. The van der Waals surface area contributed by atoms with Gasteiger partial charge in [-0.05, 0) is 54.4 Å². The largest absolute Gasteiger partial charge is 0.340 e. The molecule has 6 heteroatoms. The van der Waals surface area contributed by atoms with E-state index in [-0.39, 0.29) is 0 Å². The molecule has 1 N–H and O–H groups in total. The first-order chi connectivity index (χ1) is 12.3. The third-order valence-corrected chi connectivity index (χ3v) is 7.15. The lowest BCUT2D eigenvalue weighted by Gasteiger charge is -2.33. The molecule has 0 aliphatic heterocycles. The lowest BCUT2D eigenvalue weighted by molar-refractivity contribution is 0.218. The Balaban J connectivity index is 1.73. The Morgan fingerprint density at radius 2 is 1.96 bits per heavy atom. The Hall–Kier alpha value is -1.36. The second-order valence-corrected chi connectivity index (χ2v) is 9.86. The zero-order valence-electron chi connectivity index (χ0n) is 15.1. The van der Waals surface area contributed by atoms with Crippen LogP contribution in [0, 0.1) is 11.3 Å². The average Bonchev–Trinajstić information content (AvgIpc) is 2.96. The average molecular weight is 406 g/mol. The Labute approximate surface area is 167 Å². The minimum Gasteiger partial charge on any atom is -0.340 e. The number of fused-ring (bicyclic) bond motifs is 3. The van der Waals surface area contributed by atoms with Crippen molar-refractivity contribution >= 4 is 56.3 Å². The molecule has 1 aliphatic rings. The summed E-state index contributed by atoms with van der Waals surface area (Å²) in [5, 5.41) is 5.64. The van der Waals surface area contributed by atoms with Crippen LogP contribution in [0.4, 0.5) is 11.5 Å². The second-order valence-electron chi connectivity index (χ2n) is 7.97. The van der Waals surface area contributed by atoms with Gasteiger partial charge < -0.3 is 5.32 Å². The third kappa shape index (κ3) is 3.30. The summed E-state index contributed by atoms with van der Waals surface area (Å²) in [5.74, 6) is 1.56. The van der Waals surface area contributed by atoms with Gasteiger partial charge in [-0.2, -0.15) is 0 Å². The first kappa shape index (κ1) is 18.0. The molecular weight excluding hydrogens is 385 g/mol. The quantitative estimate of drug-likeness (QED) is 0.503. The molecule has 2 aromatic heterocycles. The van der Waals surface area contributed by atoms with E-state index in [0.29, 0.717) is 21.4 Å². The Morgan fingerprint density at radius 1 is 1.15 bits per heavy atom. The number of nitrogens with one attached hydrogen (secondary N) is 1. The van der Waals surface area contributed by atoms with E-state index in [4.69, 9.17) is 23.2 Å². The summed E-state index contributed by atoms with van der Waals surface area (Å²) in [6.45, 7) is 7.02. The number of hydrogen-bond donors (Lipinski definition) is 1. The highest BCUT2D eigenvalue weighted by Crippen LogP contribution is 2.44. The maximum Gasteiger partial charge on any atom is 0.142 e. The third-order valence-electron chi connectivity index (χ3n) is 5.25. The Bertz CT molecular complexity index is 975. The summed E-state index contributed by atoms with van der Waals surface area (Å²) in [4.78, 5) is 11.6. The number of hydrogen-bond acceptors (Lipinski definition) is 4. The molecule has 0 radical (unpaired) electrons. The smallest absolute Gasteiger partial charge is 0.142 e. The van der Waals surface area contributed by atoms with Crippen molar-refractivity contribution in [2.24, 2.45) is 11.3 Å². The highest BCUT2D eigenvalue weighted by Gasteiger charge is 2.31. The predicted octanol–water partition coefficient (Wildman–Crippen LogP) is 6.89. The van der Waals surface area contributed by atoms with Crippen molar-refractivity contribution in [3.05, 3.63) is 45.0 Å². The zero-order chi connectivity index (χ0) is 18.5. The minimum atomic E-state index is 0.334. The molecule has 0 fully saturated rings. The highest BCUT2D eigenvalue weighted by atomic mass is 35.5. The predicted molar refractivity (Wildman–Crippen MR) is 112 cm³/mol. The van der Waals surface area contributed by atoms with Crippen LogP contribution in [0.5, 0.6) is 0 Å². The van der Waals surface area contributed by atoms with Gasteiger partial charge in [-0.3, -0.25) is 0 Å². The van der Waals surface area contributed by atoms with E-state index in [1.165, 1.54) is 16.9 Å². The fourth-order valence-electron chi connectivity index (χ4n) is 3.65. The number of anilines is 2. The molecule has 0 spiro atoms. The van der Waals surface area contributed by atoms with Crippen LogP contribution < -0.4 is 5.32 Å². The van der Waals surface area contributed by atoms with Gasteiger partial charge in [0.05, 0.1) is 15.4 Å². The number of halogens is 2. The van der Waals surface area contributed by atoms with Gasteiger partial charge in [0.1, 0.15) is 17.0 Å². The van der Waals surface area contributed by atoms with Gasteiger partial charge in [-0.1, -0.05) is 44.0 Å². The molecule has 4 rings (SSSR count). The van der Waals surface area contributed by atoms with E-state index in [9.17, 15) is 0 Å². The monoisotopic (exact) mass is 405 g/mol. The normalized spacial score (nSPS) is 17.3. The maximum atomic E-state index is 6.15. The van der Waals surface area contributed by atoms with Gasteiger partial charge in [-0.15, -0.1) is 11.3 Å². The topological polar surface area (TPSA) is 37.8 Å². The van der Waals surface area contributed by atoms with E-state index in [1.54, 1.807) is 12.4 Å². The summed E-state index contributed by atoms with van der Waals surface area (Å²) in [6.07, 6.45) is 5.06. The highest BCUT2D eigenvalue weighted by molar-refractivity contribution is 7.19. The van der Waals surface area contributed by atoms with Crippen LogP contribution >= 0.6 is 34.5 Å². The first-order valence-electron chi connectivity index (χ1n) is 8.80. The number of rotatable bonds is 2. The molecule has 0 saturated carbocycles. The molecule has 0 amide bonds. The molecule has 3 nitrogen and oxygen atoms in total. The van der Waals surface area contributed by atoms with E-state index in [2.05, 4.69) is 36.1 Å². The molecule has 2 heterocycles. The summed E-state index contributed by atoms with van der Waals surface area (Å²) < 4.78 is 0. The number of aryl methyl sites for hydroxylation is 1. The van der Waals surface area contributed by atoms with Crippen molar-refractivity contribution < 1.29 is 0 Å². The summed E-state index contributed by atoms with van der Waals surface area (Å²) in [6, 6.07) is 5.53. The van der Waals surface area contributed by atoms with Gasteiger partial charge in [0, 0.05) is 10.6 Å². The number of benzene rings is 1. The molecule has 1 aliphatic carbocycles. The van der Waals surface area contributed by atoms with Crippen molar-refractivity contribution in [3.8, 4) is 0 Å². The van der Waals surface area contributed by atoms with Crippen LogP contribution in [0.15, 0.2) is 24.5 Å². The van der Waals surface area contributed by atoms with Gasteiger partial charge >= 0.3 is 0 Å². The molecule has 1 unspecified atom stereocenters. The van der Waals surface area contributed by atoms with Crippen molar-refractivity contribution in [1.82, 2.24) is 9.97 Å². The van der Waals surface area contributed by atoms with E-state index < -0.39 is 0 Å². The SMILES string of the molecule is CC(C)(C)C1CCc2c(sc3ncnc(Nc4ccc(Cl)c(Cl)c4)c23)C1. The molecule has 0 saturated heterocycles. The lowest BCUT2D eigenvalue weighted by atomic mass is 9.72. The molecule has 1 aromatic carbocycles. The van der Waals surface area contributed by atoms with Crippen LogP contribution in [-0.4, -0.2) is 9.97 Å². The van der Waals surface area contributed by atoms with E-state index >= 15 is 0 Å². The second kappa shape index (κ2) is 6.66. The number of aromatic nitrogens is 2. The summed E-state index contributed by atoms with van der Waals surface area (Å²) in [7, 11) is 0. The number of thiophene rings is 1. The fraction of sp³-hybridized carbons (Fsp3) is 0.400. The van der Waals surface area contributed by atoms with Gasteiger partial charge in [0.15, 0.2) is 0 Å². The fourth-order valence-corrected chi connectivity index (χ4v) is 5.22. The van der Waals surface area contributed by atoms with Crippen LogP contribution in [0.2, 0.25) is 10.0 Å². The van der Waals surface area contributed by atoms with Crippen molar-refractivity contribution in [2.75, 3.05) is 5.32 Å². The van der Waals surface area contributed by atoms with E-state index in [0.717, 1.165) is 34.6 Å².